The van der Waals surface area contributed by atoms with E-state index in [1.807, 2.05) is 7.05 Å². The molecule has 0 radical (unpaired) electrons. The molecule has 142 valence electrons. The molecule has 24 heavy (non-hydrogen) atoms. The number of guanidine groups is 1. The molecule has 1 aliphatic heterocycles. The van der Waals surface area contributed by atoms with Crippen molar-refractivity contribution in [2.45, 2.75) is 57.6 Å². The fraction of sp³-hybridized carbons (Fsp3) is 0.944. The van der Waals surface area contributed by atoms with E-state index in [9.17, 15) is 0 Å². The molecule has 6 heteroatoms. The topological polar surface area (TPSA) is 36.9 Å². The first kappa shape index (κ1) is 22.4. The van der Waals surface area contributed by atoms with Gasteiger partial charge in [0.2, 0.25) is 0 Å². The summed E-state index contributed by atoms with van der Waals surface area (Å²) in [5.41, 5.74) is 0.408. The van der Waals surface area contributed by atoms with E-state index in [0.29, 0.717) is 10.2 Å². The van der Waals surface area contributed by atoms with Gasteiger partial charge in [0, 0.05) is 50.4 Å². The molecule has 1 saturated heterocycles. The molecule has 0 atom stereocenters. The van der Waals surface area contributed by atoms with Gasteiger partial charge < -0.3 is 15.0 Å². The smallest absolute Gasteiger partial charge is 0.193 e. The molecule has 1 heterocycles. The summed E-state index contributed by atoms with van der Waals surface area (Å²) in [5.74, 6) is 2.27. The number of ether oxygens (including phenoxy) is 1. The van der Waals surface area contributed by atoms with Crippen LogP contribution < -0.4 is 5.32 Å². The Morgan fingerprint density at radius 1 is 1.29 bits per heavy atom. The summed E-state index contributed by atoms with van der Waals surface area (Å²) in [5, 5.41) is 3.70. The Labute approximate surface area is 170 Å². The molecule has 0 unspecified atom stereocenters. The van der Waals surface area contributed by atoms with Crippen molar-refractivity contribution in [1.29, 1.82) is 0 Å². The molecule has 1 N–H and O–H groups in total. The highest BCUT2D eigenvalue weighted by Crippen LogP contribution is 2.40. The second-order valence-electron chi connectivity index (χ2n) is 7.58. The van der Waals surface area contributed by atoms with Gasteiger partial charge in [-0.1, -0.05) is 12.8 Å². The van der Waals surface area contributed by atoms with Crippen LogP contribution >= 0.6 is 35.7 Å². The first-order valence-corrected chi connectivity index (χ1v) is 10.2. The van der Waals surface area contributed by atoms with Gasteiger partial charge in [-0.25, -0.2) is 0 Å². The van der Waals surface area contributed by atoms with E-state index in [2.05, 4.69) is 47.7 Å². The Balaban J connectivity index is 0.00000288. The number of hydrogen-bond donors (Lipinski definition) is 1. The molecule has 2 rings (SSSR count). The molecule has 0 aromatic rings. The average molecular weight is 469 g/mol. The van der Waals surface area contributed by atoms with Crippen molar-refractivity contribution in [3.63, 3.8) is 0 Å². The van der Waals surface area contributed by atoms with Crippen LogP contribution in [-0.4, -0.2) is 61.3 Å². The lowest BCUT2D eigenvalue weighted by Crippen LogP contribution is -2.52. The summed E-state index contributed by atoms with van der Waals surface area (Å²) in [6.45, 7) is 11.7. The number of nitrogens with zero attached hydrogens (tertiary/aromatic N) is 2. The van der Waals surface area contributed by atoms with Crippen molar-refractivity contribution >= 4 is 41.7 Å². The normalized spacial score (nSPS) is 23.0. The minimum atomic E-state index is 0. The molecule has 1 saturated carbocycles. The highest BCUT2D eigenvalue weighted by Gasteiger charge is 2.35. The molecule has 2 aliphatic rings. The first-order valence-electron chi connectivity index (χ1n) is 9.18. The summed E-state index contributed by atoms with van der Waals surface area (Å²) in [7, 11) is 1.92. The summed E-state index contributed by atoms with van der Waals surface area (Å²) in [6, 6.07) is 0. The zero-order valence-electron chi connectivity index (χ0n) is 15.9. The van der Waals surface area contributed by atoms with Crippen molar-refractivity contribution in [2.24, 2.45) is 10.4 Å². The van der Waals surface area contributed by atoms with Gasteiger partial charge in [-0.05, 0) is 45.4 Å². The van der Waals surface area contributed by atoms with E-state index >= 15 is 0 Å². The van der Waals surface area contributed by atoms with Crippen LogP contribution in [0, 0.1) is 5.41 Å². The third-order valence-corrected chi connectivity index (χ3v) is 6.50. The molecule has 1 aliphatic carbocycles. The maximum absolute atomic E-state index is 5.63. The molecule has 0 amide bonds. The Morgan fingerprint density at radius 2 is 2.00 bits per heavy atom. The van der Waals surface area contributed by atoms with Crippen LogP contribution in [0.2, 0.25) is 0 Å². The maximum Gasteiger partial charge on any atom is 0.193 e. The molecule has 0 bridgehead atoms. The number of hydrogen-bond acceptors (Lipinski definition) is 3. The van der Waals surface area contributed by atoms with Crippen LogP contribution in [0.4, 0.5) is 0 Å². The molecule has 0 aromatic carbocycles. The van der Waals surface area contributed by atoms with Crippen molar-refractivity contribution in [3.8, 4) is 0 Å². The fourth-order valence-electron chi connectivity index (χ4n) is 3.87. The lowest BCUT2D eigenvalue weighted by Gasteiger charge is -2.40. The first-order chi connectivity index (χ1) is 11.0. The van der Waals surface area contributed by atoms with Crippen molar-refractivity contribution < 1.29 is 4.74 Å². The fourth-order valence-corrected chi connectivity index (χ4v) is 4.98. The standard InChI is InChI=1S/C18H35N3OS.HI/c1-5-22-12-10-18(8-6-7-9-18)14-20-16(19-4)21-11-13-23-17(2,3)15-21;/h5-15H2,1-4H3,(H,19,20);1H. The zero-order valence-corrected chi connectivity index (χ0v) is 19.0. The van der Waals surface area contributed by atoms with Crippen LogP contribution in [-0.2, 0) is 4.74 Å². The summed E-state index contributed by atoms with van der Waals surface area (Å²) < 4.78 is 5.94. The molecule has 4 nitrogen and oxygen atoms in total. The van der Waals surface area contributed by atoms with Crippen LogP contribution in [0.25, 0.3) is 0 Å². The van der Waals surface area contributed by atoms with Crippen molar-refractivity contribution in [1.82, 2.24) is 10.2 Å². The van der Waals surface area contributed by atoms with E-state index in [1.54, 1.807) is 0 Å². The highest BCUT2D eigenvalue weighted by atomic mass is 127. The number of nitrogens with one attached hydrogen (secondary N) is 1. The second-order valence-corrected chi connectivity index (χ2v) is 9.39. The second kappa shape index (κ2) is 10.5. The Bertz CT molecular complexity index is 398. The van der Waals surface area contributed by atoms with Crippen LogP contribution in [0.5, 0.6) is 0 Å². The van der Waals surface area contributed by atoms with E-state index in [1.165, 1.54) is 37.9 Å². The third kappa shape index (κ3) is 6.56. The van der Waals surface area contributed by atoms with Crippen molar-refractivity contribution in [3.05, 3.63) is 0 Å². The Kier molecular flexibility index (Phi) is 9.74. The van der Waals surface area contributed by atoms with E-state index in [-0.39, 0.29) is 24.0 Å². The van der Waals surface area contributed by atoms with Gasteiger partial charge in [-0.3, -0.25) is 4.99 Å². The minimum absolute atomic E-state index is 0. The molecular formula is C18H36IN3OS. The predicted octanol–water partition coefficient (Wildman–Crippen LogP) is 3.99. The SMILES string of the molecule is CCOCCC1(CNC(=NC)N2CCSC(C)(C)C2)CCCC1.I. The maximum atomic E-state index is 5.63. The lowest BCUT2D eigenvalue weighted by atomic mass is 9.83. The van der Waals surface area contributed by atoms with Crippen molar-refractivity contribution in [2.75, 3.05) is 45.6 Å². The van der Waals surface area contributed by atoms with Gasteiger partial charge in [-0.15, -0.1) is 24.0 Å². The van der Waals surface area contributed by atoms with E-state index in [4.69, 9.17) is 4.74 Å². The minimum Gasteiger partial charge on any atom is -0.382 e. The molecule has 0 aromatic heterocycles. The number of thioether (sulfide) groups is 1. The molecule has 2 fully saturated rings. The number of aliphatic imine (C=N–C) groups is 1. The van der Waals surface area contributed by atoms with Gasteiger partial charge >= 0.3 is 0 Å². The van der Waals surface area contributed by atoms with Gasteiger partial charge in [0.15, 0.2) is 5.96 Å². The number of rotatable bonds is 6. The monoisotopic (exact) mass is 469 g/mol. The average Bonchev–Trinajstić information content (AvgIpc) is 2.96. The quantitative estimate of drug-likeness (QED) is 0.276. The highest BCUT2D eigenvalue weighted by molar-refractivity contribution is 14.0. The zero-order chi connectivity index (χ0) is 16.8. The summed E-state index contributed by atoms with van der Waals surface area (Å²) in [6.07, 6.45) is 6.54. The van der Waals surface area contributed by atoms with Crippen LogP contribution in [0.1, 0.15) is 52.9 Å². The van der Waals surface area contributed by atoms with Crippen LogP contribution in [0.15, 0.2) is 4.99 Å². The Morgan fingerprint density at radius 3 is 2.58 bits per heavy atom. The largest absolute Gasteiger partial charge is 0.382 e. The van der Waals surface area contributed by atoms with Gasteiger partial charge in [0.1, 0.15) is 0 Å². The lowest BCUT2D eigenvalue weighted by molar-refractivity contribution is 0.104. The van der Waals surface area contributed by atoms with Gasteiger partial charge in [0.25, 0.3) is 0 Å². The third-order valence-electron chi connectivity index (χ3n) is 5.20. The van der Waals surface area contributed by atoms with Crippen LogP contribution in [0.3, 0.4) is 0 Å². The molecular weight excluding hydrogens is 433 g/mol. The summed E-state index contributed by atoms with van der Waals surface area (Å²) in [4.78, 5) is 6.99. The van der Waals surface area contributed by atoms with E-state index < -0.39 is 0 Å². The van der Waals surface area contributed by atoms with Gasteiger partial charge in [-0.2, -0.15) is 11.8 Å². The van der Waals surface area contributed by atoms with E-state index in [0.717, 1.165) is 38.8 Å². The number of halogens is 1. The molecule has 0 spiro atoms. The summed E-state index contributed by atoms with van der Waals surface area (Å²) >= 11 is 2.07. The predicted molar refractivity (Wildman–Crippen MR) is 117 cm³/mol. The van der Waals surface area contributed by atoms with Gasteiger partial charge in [0.05, 0.1) is 0 Å². The Hall–Kier alpha value is 0.310.